The highest BCUT2D eigenvalue weighted by molar-refractivity contribution is 5.81. The molecular weight excluding hydrogens is 172 g/mol. The second kappa shape index (κ2) is 4.25. The topological polar surface area (TPSA) is 63.6 Å². The summed E-state index contributed by atoms with van der Waals surface area (Å²) < 4.78 is 4.80. The van der Waals surface area contributed by atoms with Gasteiger partial charge in [0.25, 0.3) is 0 Å². The van der Waals surface area contributed by atoms with Crippen LogP contribution in [0, 0.1) is 11.8 Å². The molecule has 0 radical (unpaired) electrons. The zero-order valence-electron chi connectivity index (χ0n) is 7.66. The smallest absolute Gasteiger partial charge is 0.309 e. The monoisotopic (exact) mass is 186 g/mol. The molecule has 0 amide bonds. The van der Waals surface area contributed by atoms with E-state index in [2.05, 4.69) is 0 Å². The molecule has 0 aromatic rings. The van der Waals surface area contributed by atoms with Gasteiger partial charge in [0.2, 0.25) is 0 Å². The summed E-state index contributed by atoms with van der Waals surface area (Å²) in [4.78, 5) is 22.0. The summed E-state index contributed by atoms with van der Waals surface area (Å²) in [6, 6.07) is 0. The number of ether oxygens (including phenoxy) is 1. The van der Waals surface area contributed by atoms with Gasteiger partial charge >= 0.3 is 11.9 Å². The van der Waals surface area contributed by atoms with Crippen molar-refractivity contribution in [1.29, 1.82) is 0 Å². The minimum absolute atomic E-state index is 0.321. The van der Waals surface area contributed by atoms with Gasteiger partial charge < -0.3 is 9.84 Å². The number of rotatable bonds is 3. The van der Waals surface area contributed by atoms with Crippen molar-refractivity contribution in [3.63, 3.8) is 0 Å². The van der Waals surface area contributed by atoms with E-state index >= 15 is 0 Å². The first-order valence-electron chi connectivity index (χ1n) is 4.56. The van der Waals surface area contributed by atoms with Gasteiger partial charge in [-0.15, -0.1) is 0 Å². The lowest BCUT2D eigenvalue weighted by Crippen LogP contribution is -2.26. The van der Waals surface area contributed by atoms with Crippen molar-refractivity contribution in [3.8, 4) is 0 Å². The summed E-state index contributed by atoms with van der Waals surface area (Å²) in [7, 11) is 0. The van der Waals surface area contributed by atoms with Crippen LogP contribution in [0.2, 0.25) is 0 Å². The Hall–Kier alpha value is -1.06. The van der Waals surface area contributed by atoms with E-state index in [0.717, 1.165) is 6.42 Å². The number of esters is 1. The summed E-state index contributed by atoms with van der Waals surface area (Å²) in [5.41, 5.74) is 0. The number of hydrogen-bond acceptors (Lipinski definition) is 3. The van der Waals surface area contributed by atoms with Crippen molar-refractivity contribution >= 4 is 11.9 Å². The Kier molecular flexibility index (Phi) is 3.28. The van der Waals surface area contributed by atoms with Gasteiger partial charge in [-0.05, 0) is 19.8 Å². The zero-order valence-corrected chi connectivity index (χ0v) is 7.66. The average molecular weight is 186 g/mol. The molecule has 1 N–H and O–H groups in total. The van der Waals surface area contributed by atoms with Gasteiger partial charge in [0.05, 0.1) is 18.4 Å². The SMILES string of the molecule is CCOC(=O)[C@@H]1CCC[C@@H]1C(=O)O. The van der Waals surface area contributed by atoms with Crippen molar-refractivity contribution in [1.82, 2.24) is 0 Å². The van der Waals surface area contributed by atoms with Crippen molar-refractivity contribution in [3.05, 3.63) is 0 Å². The standard InChI is InChI=1S/C9H14O4/c1-2-13-9(12)7-5-3-4-6(7)8(10)11/h6-7H,2-5H2,1H3,(H,10,11)/t6-,7+/m0/s1. The average Bonchev–Trinajstić information content (AvgIpc) is 2.52. The molecule has 0 saturated heterocycles. The molecule has 1 fully saturated rings. The van der Waals surface area contributed by atoms with Crippen molar-refractivity contribution in [2.24, 2.45) is 11.8 Å². The Labute approximate surface area is 76.9 Å². The molecule has 1 aliphatic rings. The molecule has 74 valence electrons. The summed E-state index contributed by atoms with van der Waals surface area (Å²) in [5, 5.41) is 8.79. The van der Waals surface area contributed by atoms with Crippen LogP contribution in [0.3, 0.4) is 0 Å². The predicted octanol–water partition coefficient (Wildman–Crippen LogP) is 1.05. The van der Waals surface area contributed by atoms with E-state index < -0.39 is 17.8 Å². The first kappa shape index (κ1) is 10.0. The molecule has 0 aliphatic heterocycles. The van der Waals surface area contributed by atoms with E-state index in [1.165, 1.54) is 0 Å². The quantitative estimate of drug-likeness (QED) is 0.669. The molecule has 0 unspecified atom stereocenters. The molecule has 1 aliphatic carbocycles. The second-order valence-electron chi connectivity index (χ2n) is 3.23. The molecule has 1 saturated carbocycles. The van der Waals surface area contributed by atoms with Gasteiger partial charge in [-0.2, -0.15) is 0 Å². The largest absolute Gasteiger partial charge is 0.481 e. The molecule has 0 aromatic heterocycles. The Balaban J connectivity index is 2.57. The summed E-state index contributed by atoms with van der Waals surface area (Å²) in [6.07, 6.45) is 2.05. The van der Waals surface area contributed by atoms with Gasteiger partial charge in [-0.3, -0.25) is 9.59 Å². The number of carbonyl (C=O) groups excluding carboxylic acids is 1. The normalized spacial score (nSPS) is 27.2. The first-order chi connectivity index (χ1) is 6.16. The van der Waals surface area contributed by atoms with Crippen LogP contribution in [0.4, 0.5) is 0 Å². The lowest BCUT2D eigenvalue weighted by molar-refractivity contribution is -0.156. The van der Waals surface area contributed by atoms with Crippen LogP contribution < -0.4 is 0 Å². The third-order valence-electron chi connectivity index (χ3n) is 2.42. The fourth-order valence-corrected chi connectivity index (χ4v) is 1.79. The van der Waals surface area contributed by atoms with Crippen molar-refractivity contribution in [2.45, 2.75) is 26.2 Å². The van der Waals surface area contributed by atoms with E-state index in [1.807, 2.05) is 0 Å². The van der Waals surface area contributed by atoms with Gasteiger partial charge in [0, 0.05) is 0 Å². The second-order valence-corrected chi connectivity index (χ2v) is 3.23. The number of carbonyl (C=O) groups is 2. The maximum Gasteiger partial charge on any atom is 0.309 e. The van der Waals surface area contributed by atoms with E-state index in [1.54, 1.807) is 6.92 Å². The molecule has 0 aromatic carbocycles. The highest BCUT2D eigenvalue weighted by Gasteiger charge is 2.38. The van der Waals surface area contributed by atoms with E-state index in [9.17, 15) is 9.59 Å². The molecule has 4 heteroatoms. The minimum atomic E-state index is -0.879. The van der Waals surface area contributed by atoms with Gasteiger partial charge in [0.1, 0.15) is 0 Å². The predicted molar refractivity (Wildman–Crippen MR) is 45.1 cm³/mol. The zero-order chi connectivity index (χ0) is 9.84. The van der Waals surface area contributed by atoms with E-state index in [0.29, 0.717) is 19.4 Å². The Morgan fingerprint density at radius 2 is 2.00 bits per heavy atom. The number of aliphatic carboxylic acids is 1. The summed E-state index contributed by atoms with van der Waals surface area (Å²) >= 11 is 0. The van der Waals surface area contributed by atoms with Crippen molar-refractivity contribution < 1.29 is 19.4 Å². The fourth-order valence-electron chi connectivity index (χ4n) is 1.79. The number of hydrogen-bond donors (Lipinski definition) is 1. The third kappa shape index (κ3) is 2.20. The first-order valence-corrected chi connectivity index (χ1v) is 4.56. The van der Waals surface area contributed by atoms with Crippen LogP contribution in [-0.4, -0.2) is 23.7 Å². The number of carboxylic acid groups (broad SMARTS) is 1. The molecule has 4 nitrogen and oxygen atoms in total. The Morgan fingerprint density at radius 1 is 1.38 bits per heavy atom. The molecule has 0 bridgehead atoms. The lowest BCUT2D eigenvalue weighted by atomic mass is 9.96. The molecule has 13 heavy (non-hydrogen) atoms. The maximum absolute atomic E-state index is 11.3. The van der Waals surface area contributed by atoms with Crippen LogP contribution in [-0.2, 0) is 14.3 Å². The van der Waals surface area contributed by atoms with Crippen LogP contribution in [0.25, 0.3) is 0 Å². The van der Waals surface area contributed by atoms with E-state index in [4.69, 9.17) is 9.84 Å². The molecule has 0 heterocycles. The maximum atomic E-state index is 11.3. The Morgan fingerprint density at radius 3 is 2.54 bits per heavy atom. The van der Waals surface area contributed by atoms with Gasteiger partial charge in [-0.25, -0.2) is 0 Å². The minimum Gasteiger partial charge on any atom is -0.481 e. The highest BCUT2D eigenvalue weighted by atomic mass is 16.5. The third-order valence-corrected chi connectivity index (χ3v) is 2.42. The molecular formula is C9H14O4. The summed E-state index contributed by atoms with van der Waals surface area (Å²) in [5.74, 6) is -2.18. The van der Waals surface area contributed by atoms with Gasteiger partial charge in [-0.1, -0.05) is 6.42 Å². The lowest BCUT2D eigenvalue weighted by Gasteiger charge is -2.13. The molecule has 1 rings (SSSR count). The van der Waals surface area contributed by atoms with Gasteiger partial charge in [0.15, 0.2) is 0 Å². The fraction of sp³-hybridized carbons (Fsp3) is 0.778. The van der Waals surface area contributed by atoms with E-state index in [-0.39, 0.29) is 5.97 Å². The molecule has 0 spiro atoms. The van der Waals surface area contributed by atoms with Crippen LogP contribution in [0.15, 0.2) is 0 Å². The highest BCUT2D eigenvalue weighted by Crippen LogP contribution is 2.32. The van der Waals surface area contributed by atoms with Crippen LogP contribution >= 0.6 is 0 Å². The van der Waals surface area contributed by atoms with Crippen LogP contribution in [0.1, 0.15) is 26.2 Å². The van der Waals surface area contributed by atoms with Crippen LogP contribution in [0.5, 0.6) is 0 Å². The molecule has 2 atom stereocenters. The summed E-state index contributed by atoms with van der Waals surface area (Å²) in [6.45, 7) is 2.05. The number of carboxylic acids is 1. The van der Waals surface area contributed by atoms with Crippen molar-refractivity contribution in [2.75, 3.05) is 6.61 Å². The Bertz CT molecular complexity index is 212.